The van der Waals surface area contributed by atoms with Crippen LogP contribution in [0.1, 0.15) is 24.1 Å². The number of piperidine rings is 1. The third-order valence-corrected chi connectivity index (χ3v) is 3.36. The monoisotopic (exact) mass is 216 g/mol. The average Bonchev–Trinajstić information content (AvgIpc) is 2.30. The third-order valence-electron chi connectivity index (χ3n) is 3.36. The highest BCUT2D eigenvalue weighted by molar-refractivity contribution is 5.51. The maximum atomic E-state index is 4.30. The number of nitrogens with zero attached hydrogens (tertiary/aromatic N) is 2. The van der Waals surface area contributed by atoms with Gasteiger partial charge in [0, 0.05) is 11.9 Å². The lowest BCUT2D eigenvalue weighted by Gasteiger charge is -2.26. The van der Waals surface area contributed by atoms with Gasteiger partial charge in [-0.3, -0.25) is 4.98 Å². The van der Waals surface area contributed by atoms with E-state index in [9.17, 15) is 0 Å². The van der Waals surface area contributed by atoms with Crippen molar-refractivity contribution in [1.82, 2.24) is 9.88 Å². The van der Waals surface area contributed by atoms with Crippen LogP contribution < -0.4 is 0 Å². The second-order valence-corrected chi connectivity index (χ2v) is 4.68. The molecular formula is C14H20N2. The van der Waals surface area contributed by atoms with Gasteiger partial charge in [0.1, 0.15) is 0 Å². The molecule has 2 heterocycles. The fourth-order valence-electron chi connectivity index (χ4n) is 2.13. The highest BCUT2D eigenvalue weighted by Crippen LogP contribution is 2.18. The number of aromatic nitrogens is 1. The Balaban J connectivity index is 1.97. The molecule has 0 spiro atoms. The van der Waals surface area contributed by atoms with Gasteiger partial charge in [-0.25, -0.2) is 0 Å². The first-order chi connectivity index (χ1) is 7.75. The van der Waals surface area contributed by atoms with E-state index in [0.29, 0.717) is 0 Å². The van der Waals surface area contributed by atoms with Crippen LogP contribution in [0.3, 0.4) is 0 Å². The van der Waals surface area contributed by atoms with Crippen LogP contribution in [0.5, 0.6) is 0 Å². The van der Waals surface area contributed by atoms with Crippen molar-refractivity contribution in [3.63, 3.8) is 0 Å². The first kappa shape index (κ1) is 11.3. The van der Waals surface area contributed by atoms with Crippen LogP contribution >= 0.6 is 0 Å². The second-order valence-electron chi connectivity index (χ2n) is 4.68. The van der Waals surface area contributed by atoms with Crippen molar-refractivity contribution in [2.45, 2.75) is 19.8 Å². The van der Waals surface area contributed by atoms with Crippen molar-refractivity contribution in [3.8, 4) is 0 Å². The molecule has 0 unspecified atom stereocenters. The van der Waals surface area contributed by atoms with Gasteiger partial charge in [0.15, 0.2) is 0 Å². The van der Waals surface area contributed by atoms with Crippen LogP contribution in [0.25, 0.3) is 6.08 Å². The van der Waals surface area contributed by atoms with Gasteiger partial charge >= 0.3 is 0 Å². The molecule has 1 aliphatic rings. The Morgan fingerprint density at radius 3 is 2.81 bits per heavy atom. The lowest BCUT2D eigenvalue weighted by Crippen LogP contribution is -2.29. The minimum atomic E-state index is 0.746. The number of hydrogen-bond donors (Lipinski definition) is 0. The van der Waals surface area contributed by atoms with Gasteiger partial charge in [0.05, 0.1) is 0 Å². The molecule has 0 amide bonds. The molecule has 2 rings (SSSR count). The van der Waals surface area contributed by atoms with Crippen molar-refractivity contribution in [3.05, 3.63) is 35.7 Å². The van der Waals surface area contributed by atoms with Crippen molar-refractivity contribution < 1.29 is 0 Å². The van der Waals surface area contributed by atoms with E-state index < -0.39 is 0 Å². The Labute approximate surface area is 98.0 Å². The molecule has 2 heteroatoms. The fourth-order valence-corrected chi connectivity index (χ4v) is 2.13. The second kappa shape index (κ2) is 5.26. The van der Waals surface area contributed by atoms with Crippen LogP contribution in [0, 0.1) is 12.8 Å². The summed E-state index contributed by atoms with van der Waals surface area (Å²) in [5.74, 6) is 0.746. The Bertz CT molecular complexity index is 363. The first-order valence-electron chi connectivity index (χ1n) is 6.04. The number of pyridine rings is 1. The average molecular weight is 216 g/mol. The van der Waals surface area contributed by atoms with E-state index in [2.05, 4.69) is 42.1 Å². The smallest absolute Gasteiger partial charge is 0.0444 e. The Morgan fingerprint density at radius 1 is 1.38 bits per heavy atom. The third kappa shape index (κ3) is 2.92. The highest BCUT2D eigenvalue weighted by Gasteiger charge is 2.13. The topological polar surface area (TPSA) is 16.1 Å². The number of allylic oxidation sites excluding steroid dienone is 1. The zero-order valence-corrected chi connectivity index (χ0v) is 10.2. The minimum Gasteiger partial charge on any atom is -0.306 e. The Morgan fingerprint density at radius 2 is 2.12 bits per heavy atom. The lowest BCUT2D eigenvalue weighted by molar-refractivity contribution is 0.244. The lowest BCUT2D eigenvalue weighted by atomic mass is 9.96. The quantitative estimate of drug-likeness (QED) is 0.755. The summed E-state index contributed by atoms with van der Waals surface area (Å²) in [5.41, 5.74) is 2.37. The van der Waals surface area contributed by atoms with Gasteiger partial charge in [0.2, 0.25) is 0 Å². The van der Waals surface area contributed by atoms with E-state index in [1.807, 2.05) is 12.3 Å². The number of aryl methyl sites for hydroxylation is 1. The van der Waals surface area contributed by atoms with Gasteiger partial charge in [-0.15, -0.1) is 0 Å². The predicted molar refractivity (Wildman–Crippen MR) is 68.2 cm³/mol. The van der Waals surface area contributed by atoms with Crippen molar-refractivity contribution in [2.75, 3.05) is 20.1 Å². The number of hydrogen-bond acceptors (Lipinski definition) is 2. The van der Waals surface area contributed by atoms with E-state index in [1.165, 1.54) is 31.5 Å². The highest BCUT2D eigenvalue weighted by atomic mass is 15.1. The maximum Gasteiger partial charge on any atom is 0.0444 e. The van der Waals surface area contributed by atoms with Crippen LogP contribution in [0.4, 0.5) is 0 Å². The van der Waals surface area contributed by atoms with Crippen LogP contribution in [0.2, 0.25) is 0 Å². The summed E-state index contributed by atoms with van der Waals surface area (Å²) in [4.78, 5) is 6.70. The van der Waals surface area contributed by atoms with Gasteiger partial charge in [-0.2, -0.15) is 0 Å². The SMILES string of the molecule is Cc1ncccc1/C=C/C1CCN(C)CC1. The standard InChI is InChI=1S/C14H20N2/c1-12-14(4-3-9-15-12)6-5-13-7-10-16(2)11-8-13/h3-6,9,13H,7-8,10-11H2,1-2H3/b6-5+. The molecule has 0 atom stereocenters. The molecular weight excluding hydrogens is 196 g/mol. The molecule has 1 aromatic rings. The molecule has 16 heavy (non-hydrogen) atoms. The van der Waals surface area contributed by atoms with Gasteiger partial charge in [-0.05, 0) is 57.5 Å². The van der Waals surface area contributed by atoms with Gasteiger partial charge < -0.3 is 4.90 Å². The molecule has 0 aromatic carbocycles. The number of rotatable bonds is 2. The zero-order valence-electron chi connectivity index (χ0n) is 10.2. The predicted octanol–water partition coefficient (Wildman–Crippen LogP) is 2.75. The van der Waals surface area contributed by atoms with Crippen LogP contribution in [-0.2, 0) is 0 Å². The summed E-state index contributed by atoms with van der Waals surface area (Å²) < 4.78 is 0. The van der Waals surface area contributed by atoms with Crippen molar-refractivity contribution in [2.24, 2.45) is 5.92 Å². The molecule has 1 aliphatic heterocycles. The summed E-state index contributed by atoms with van der Waals surface area (Å²) >= 11 is 0. The molecule has 0 saturated carbocycles. The Hall–Kier alpha value is -1.15. The molecule has 0 aliphatic carbocycles. The molecule has 0 N–H and O–H groups in total. The molecule has 0 bridgehead atoms. The van der Waals surface area contributed by atoms with E-state index in [0.717, 1.165) is 11.6 Å². The Kier molecular flexibility index (Phi) is 3.73. The fraction of sp³-hybridized carbons (Fsp3) is 0.500. The van der Waals surface area contributed by atoms with Crippen molar-refractivity contribution >= 4 is 6.08 Å². The maximum absolute atomic E-state index is 4.30. The molecule has 1 aromatic heterocycles. The summed E-state index contributed by atoms with van der Waals surface area (Å²) in [6.07, 6.45) is 9.01. The van der Waals surface area contributed by atoms with E-state index in [4.69, 9.17) is 0 Å². The summed E-state index contributed by atoms with van der Waals surface area (Å²) in [7, 11) is 2.20. The van der Waals surface area contributed by atoms with Gasteiger partial charge in [0.25, 0.3) is 0 Å². The van der Waals surface area contributed by atoms with Crippen LogP contribution in [0.15, 0.2) is 24.4 Å². The van der Waals surface area contributed by atoms with E-state index >= 15 is 0 Å². The van der Waals surface area contributed by atoms with Gasteiger partial charge in [-0.1, -0.05) is 18.2 Å². The zero-order chi connectivity index (χ0) is 11.4. The van der Waals surface area contributed by atoms with E-state index in [1.54, 1.807) is 0 Å². The minimum absolute atomic E-state index is 0.746. The molecule has 1 fully saturated rings. The molecule has 86 valence electrons. The van der Waals surface area contributed by atoms with E-state index in [-0.39, 0.29) is 0 Å². The van der Waals surface area contributed by atoms with Crippen molar-refractivity contribution in [1.29, 1.82) is 0 Å². The summed E-state index contributed by atoms with van der Waals surface area (Å²) in [6.45, 7) is 4.51. The normalized spacial score (nSPS) is 19.4. The van der Waals surface area contributed by atoms with Crippen LogP contribution in [-0.4, -0.2) is 30.0 Å². The molecule has 2 nitrogen and oxygen atoms in total. The summed E-state index contributed by atoms with van der Waals surface area (Å²) in [6, 6.07) is 4.13. The summed E-state index contributed by atoms with van der Waals surface area (Å²) in [5, 5.41) is 0. The molecule has 1 saturated heterocycles. The molecule has 0 radical (unpaired) electrons. The first-order valence-corrected chi connectivity index (χ1v) is 6.04. The number of likely N-dealkylation sites (tertiary alicyclic amines) is 1. The largest absolute Gasteiger partial charge is 0.306 e.